The van der Waals surface area contributed by atoms with Crippen LogP contribution in [0.25, 0.3) is 0 Å². The van der Waals surface area contributed by atoms with Gasteiger partial charge in [-0.25, -0.2) is 4.39 Å². The summed E-state index contributed by atoms with van der Waals surface area (Å²) in [5, 5.41) is 13.5. The van der Waals surface area contributed by atoms with Gasteiger partial charge in [0.1, 0.15) is 0 Å². The van der Waals surface area contributed by atoms with Crippen molar-refractivity contribution >= 4 is 0 Å². The van der Waals surface area contributed by atoms with Crippen molar-refractivity contribution in [1.82, 2.24) is 5.32 Å². The van der Waals surface area contributed by atoms with E-state index in [1.807, 2.05) is 19.1 Å². The van der Waals surface area contributed by atoms with Crippen LogP contribution in [-0.2, 0) is 11.2 Å². The molecule has 3 rings (SSSR count). The van der Waals surface area contributed by atoms with Gasteiger partial charge in [-0.05, 0) is 55.0 Å². The van der Waals surface area contributed by atoms with Gasteiger partial charge in [0, 0.05) is 12.6 Å². The van der Waals surface area contributed by atoms with E-state index in [4.69, 9.17) is 9.47 Å². The number of rotatable bonds is 8. The average molecular weight is 373 g/mol. The fourth-order valence-corrected chi connectivity index (χ4v) is 3.55. The van der Waals surface area contributed by atoms with Gasteiger partial charge in [-0.3, -0.25) is 0 Å². The molecular weight excluding hydrogens is 345 g/mol. The largest absolute Gasteiger partial charge is 0.494 e. The van der Waals surface area contributed by atoms with Crippen LogP contribution in [0.5, 0.6) is 5.75 Å². The van der Waals surface area contributed by atoms with Crippen LogP contribution in [0, 0.1) is 5.82 Å². The van der Waals surface area contributed by atoms with E-state index in [0.29, 0.717) is 6.54 Å². The minimum atomic E-state index is -0.621. The second kappa shape index (κ2) is 9.31. The summed E-state index contributed by atoms with van der Waals surface area (Å²) in [5.74, 6) is -0.157. The molecular formula is C22H28FNO3. The van der Waals surface area contributed by atoms with Crippen LogP contribution >= 0.6 is 0 Å². The van der Waals surface area contributed by atoms with Gasteiger partial charge < -0.3 is 19.9 Å². The number of halogens is 1. The molecule has 3 atom stereocenters. The summed E-state index contributed by atoms with van der Waals surface area (Å²) in [6.45, 7) is 2.59. The summed E-state index contributed by atoms with van der Waals surface area (Å²) < 4.78 is 24.8. The molecule has 5 heteroatoms. The number of ether oxygens (including phenoxy) is 2. The number of nitrogens with one attached hydrogen (secondary N) is 1. The SMILES string of the molecule is COc1ccc([C@H](C)NC[C@H](O)CO[C@H]2CCCc3ccccc32)cc1F. The summed E-state index contributed by atoms with van der Waals surface area (Å²) in [6.07, 6.45) is 2.62. The van der Waals surface area contributed by atoms with Gasteiger partial charge in [-0.15, -0.1) is 0 Å². The number of hydrogen-bond donors (Lipinski definition) is 2. The van der Waals surface area contributed by atoms with E-state index in [2.05, 4.69) is 23.5 Å². The molecule has 0 radical (unpaired) electrons. The van der Waals surface area contributed by atoms with E-state index in [-0.39, 0.29) is 30.3 Å². The van der Waals surface area contributed by atoms with Crippen molar-refractivity contribution in [2.45, 2.75) is 44.4 Å². The maximum Gasteiger partial charge on any atom is 0.165 e. The summed E-state index contributed by atoms with van der Waals surface area (Å²) in [4.78, 5) is 0. The molecule has 0 bridgehead atoms. The Morgan fingerprint density at radius 2 is 2.07 bits per heavy atom. The second-order valence-corrected chi connectivity index (χ2v) is 7.09. The monoisotopic (exact) mass is 373 g/mol. The average Bonchev–Trinajstić information content (AvgIpc) is 2.70. The lowest BCUT2D eigenvalue weighted by molar-refractivity contribution is -0.0173. The van der Waals surface area contributed by atoms with Crippen molar-refractivity contribution in [3.05, 3.63) is 65.0 Å². The molecule has 0 saturated carbocycles. The maximum absolute atomic E-state index is 13.8. The molecule has 2 aromatic carbocycles. The Morgan fingerprint density at radius 1 is 1.26 bits per heavy atom. The van der Waals surface area contributed by atoms with E-state index in [1.54, 1.807) is 6.07 Å². The molecule has 0 unspecified atom stereocenters. The predicted molar refractivity (Wildman–Crippen MR) is 103 cm³/mol. The molecule has 0 amide bonds. The molecule has 0 spiro atoms. The summed E-state index contributed by atoms with van der Waals surface area (Å²) in [6, 6.07) is 13.2. The first-order valence-electron chi connectivity index (χ1n) is 9.52. The number of aliphatic hydroxyl groups excluding tert-OH is 1. The van der Waals surface area contributed by atoms with E-state index in [9.17, 15) is 9.50 Å². The van der Waals surface area contributed by atoms with Crippen LogP contribution in [0.4, 0.5) is 4.39 Å². The third-order valence-electron chi connectivity index (χ3n) is 5.14. The highest BCUT2D eigenvalue weighted by Crippen LogP contribution is 2.32. The maximum atomic E-state index is 13.8. The van der Waals surface area contributed by atoms with Gasteiger partial charge in [0.15, 0.2) is 11.6 Å². The van der Waals surface area contributed by atoms with Gasteiger partial charge in [-0.2, -0.15) is 0 Å². The fraction of sp³-hybridized carbons (Fsp3) is 0.455. The first kappa shape index (κ1) is 19.8. The lowest BCUT2D eigenvalue weighted by Gasteiger charge is -2.27. The lowest BCUT2D eigenvalue weighted by atomic mass is 9.89. The molecule has 0 aliphatic heterocycles. The fourth-order valence-electron chi connectivity index (χ4n) is 3.55. The Kier molecular flexibility index (Phi) is 6.83. The zero-order valence-corrected chi connectivity index (χ0v) is 16.0. The predicted octanol–water partition coefficient (Wildman–Crippen LogP) is 3.94. The standard InChI is InChI=1S/C22H28FNO3/c1-15(17-10-11-22(26-2)20(23)12-17)24-13-18(25)14-27-21-9-5-7-16-6-3-4-8-19(16)21/h3-4,6,8,10-12,15,18,21,24-25H,5,7,9,13-14H2,1-2H3/t15-,18-,21-/m0/s1. The highest BCUT2D eigenvalue weighted by Gasteiger charge is 2.21. The Hall–Kier alpha value is -1.95. The first-order chi connectivity index (χ1) is 13.1. The zero-order valence-electron chi connectivity index (χ0n) is 16.0. The minimum Gasteiger partial charge on any atom is -0.494 e. The van der Waals surface area contributed by atoms with Crippen molar-refractivity contribution in [2.24, 2.45) is 0 Å². The molecule has 2 aromatic rings. The molecule has 0 saturated heterocycles. The molecule has 4 nitrogen and oxygen atoms in total. The van der Waals surface area contributed by atoms with Crippen molar-refractivity contribution < 1.29 is 19.0 Å². The van der Waals surface area contributed by atoms with Crippen molar-refractivity contribution in [2.75, 3.05) is 20.3 Å². The summed E-state index contributed by atoms with van der Waals surface area (Å²) in [7, 11) is 1.45. The lowest BCUT2D eigenvalue weighted by Crippen LogP contribution is -2.33. The first-order valence-corrected chi connectivity index (χ1v) is 9.52. The number of aliphatic hydroxyl groups is 1. The number of methoxy groups -OCH3 is 1. The van der Waals surface area contributed by atoms with Crippen LogP contribution in [0.1, 0.15) is 48.6 Å². The second-order valence-electron chi connectivity index (χ2n) is 7.09. The molecule has 0 aromatic heterocycles. The van der Waals surface area contributed by atoms with Crippen molar-refractivity contribution in [3.8, 4) is 5.75 Å². The molecule has 146 valence electrons. The molecule has 1 aliphatic carbocycles. The van der Waals surface area contributed by atoms with Crippen molar-refractivity contribution in [3.63, 3.8) is 0 Å². The highest BCUT2D eigenvalue weighted by atomic mass is 19.1. The smallest absolute Gasteiger partial charge is 0.165 e. The Labute approximate surface area is 160 Å². The summed E-state index contributed by atoms with van der Waals surface area (Å²) in [5.41, 5.74) is 3.39. The van der Waals surface area contributed by atoms with E-state index < -0.39 is 6.10 Å². The number of aryl methyl sites for hydroxylation is 1. The molecule has 2 N–H and O–H groups in total. The van der Waals surface area contributed by atoms with E-state index >= 15 is 0 Å². The zero-order chi connectivity index (χ0) is 19.2. The van der Waals surface area contributed by atoms with Gasteiger partial charge in [0.25, 0.3) is 0 Å². The van der Waals surface area contributed by atoms with Crippen LogP contribution in [0.15, 0.2) is 42.5 Å². The highest BCUT2D eigenvalue weighted by molar-refractivity contribution is 5.31. The van der Waals surface area contributed by atoms with E-state index in [1.165, 1.54) is 24.3 Å². The third-order valence-corrected chi connectivity index (χ3v) is 5.14. The van der Waals surface area contributed by atoms with Crippen LogP contribution in [0.2, 0.25) is 0 Å². The van der Waals surface area contributed by atoms with Gasteiger partial charge in [0.05, 0.1) is 25.9 Å². The summed E-state index contributed by atoms with van der Waals surface area (Å²) >= 11 is 0. The van der Waals surface area contributed by atoms with Crippen LogP contribution < -0.4 is 10.1 Å². The number of hydrogen-bond acceptors (Lipinski definition) is 4. The minimum absolute atomic E-state index is 0.0534. The normalized spacial score (nSPS) is 18.6. The van der Waals surface area contributed by atoms with Gasteiger partial charge in [0.2, 0.25) is 0 Å². The quantitative estimate of drug-likeness (QED) is 0.736. The Morgan fingerprint density at radius 3 is 2.85 bits per heavy atom. The van der Waals surface area contributed by atoms with Crippen molar-refractivity contribution in [1.29, 1.82) is 0 Å². The molecule has 0 fully saturated rings. The van der Waals surface area contributed by atoms with Crippen LogP contribution in [0.3, 0.4) is 0 Å². The van der Waals surface area contributed by atoms with Gasteiger partial charge >= 0.3 is 0 Å². The molecule has 27 heavy (non-hydrogen) atoms. The Bertz CT molecular complexity index is 752. The van der Waals surface area contributed by atoms with Crippen LogP contribution in [-0.4, -0.2) is 31.5 Å². The van der Waals surface area contributed by atoms with Gasteiger partial charge in [-0.1, -0.05) is 30.3 Å². The third kappa shape index (κ3) is 5.06. The molecule has 1 aliphatic rings. The Balaban J connectivity index is 1.47. The van der Waals surface area contributed by atoms with E-state index in [0.717, 1.165) is 24.8 Å². The number of fused-ring (bicyclic) bond motifs is 1. The number of benzene rings is 2. The molecule has 0 heterocycles. The topological polar surface area (TPSA) is 50.7 Å².